The Morgan fingerprint density at radius 3 is 2.56 bits per heavy atom. The fourth-order valence-electron chi connectivity index (χ4n) is 3.05. The minimum Gasteiger partial charge on any atom is -0.352 e. The third kappa shape index (κ3) is 3.23. The van der Waals surface area contributed by atoms with Gasteiger partial charge in [0.2, 0.25) is 5.91 Å². The highest BCUT2D eigenvalue weighted by Crippen LogP contribution is 2.29. The van der Waals surface area contributed by atoms with Crippen LogP contribution in [-0.4, -0.2) is 38.4 Å². The normalized spacial score (nSPS) is 35.3. The van der Waals surface area contributed by atoms with E-state index in [4.69, 9.17) is 5.73 Å². The van der Waals surface area contributed by atoms with Gasteiger partial charge in [0.25, 0.3) is 0 Å². The highest BCUT2D eigenvalue weighted by atomic mass is 32.2. The van der Waals surface area contributed by atoms with Gasteiger partial charge in [-0.1, -0.05) is 12.8 Å². The van der Waals surface area contributed by atoms with Crippen molar-refractivity contribution in [2.75, 3.05) is 18.1 Å². The van der Waals surface area contributed by atoms with Crippen LogP contribution in [0.1, 0.15) is 32.1 Å². The van der Waals surface area contributed by atoms with E-state index >= 15 is 0 Å². The molecule has 0 aromatic carbocycles. The van der Waals surface area contributed by atoms with Gasteiger partial charge in [-0.2, -0.15) is 0 Å². The van der Waals surface area contributed by atoms with Gasteiger partial charge < -0.3 is 11.1 Å². The summed E-state index contributed by atoms with van der Waals surface area (Å²) in [5.74, 6) is 0.540. The first-order valence-electron chi connectivity index (χ1n) is 6.72. The Morgan fingerprint density at radius 2 is 1.94 bits per heavy atom. The molecule has 1 amide bonds. The third-order valence-electron chi connectivity index (χ3n) is 4.13. The van der Waals surface area contributed by atoms with Crippen molar-refractivity contribution in [3.8, 4) is 0 Å². The Balaban J connectivity index is 1.91. The zero-order valence-corrected chi connectivity index (χ0v) is 11.4. The minimum absolute atomic E-state index is 0.00671. The van der Waals surface area contributed by atoms with Crippen LogP contribution in [-0.2, 0) is 14.6 Å². The Labute approximate surface area is 108 Å². The lowest BCUT2D eigenvalue weighted by atomic mass is 9.78. The molecule has 3 N–H and O–H groups in total. The van der Waals surface area contributed by atoms with Crippen LogP contribution in [0.4, 0.5) is 0 Å². The number of hydrogen-bond donors (Lipinski definition) is 2. The average Bonchev–Trinajstić information content (AvgIpc) is 2.68. The lowest BCUT2D eigenvalue weighted by molar-refractivity contribution is -0.128. The quantitative estimate of drug-likeness (QED) is 0.761. The maximum absolute atomic E-state index is 12.2. The lowest BCUT2D eigenvalue weighted by Gasteiger charge is -2.30. The van der Waals surface area contributed by atoms with Crippen molar-refractivity contribution in [1.82, 2.24) is 5.32 Å². The predicted molar refractivity (Wildman–Crippen MR) is 69.7 cm³/mol. The molecule has 2 fully saturated rings. The molecule has 6 heteroatoms. The molecule has 0 spiro atoms. The molecule has 3 unspecified atom stereocenters. The van der Waals surface area contributed by atoms with Crippen LogP contribution >= 0.6 is 0 Å². The van der Waals surface area contributed by atoms with Gasteiger partial charge in [0.15, 0.2) is 9.84 Å². The predicted octanol–water partition coefficient (Wildman–Crippen LogP) is 0.0548. The Morgan fingerprint density at radius 1 is 1.22 bits per heavy atom. The van der Waals surface area contributed by atoms with E-state index in [1.165, 1.54) is 0 Å². The molecule has 104 valence electrons. The second kappa shape index (κ2) is 5.57. The van der Waals surface area contributed by atoms with Gasteiger partial charge in [-0.25, -0.2) is 8.42 Å². The number of nitrogens with two attached hydrogens (primary N) is 1. The summed E-state index contributed by atoms with van der Waals surface area (Å²) in [7, 11) is -2.93. The smallest absolute Gasteiger partial charge is 0.223 e. The molecule has 2 aliphatic rings. The van der Waals surface area contributed by atoms with Gasteiger partial charge >= 0.3 is 0 Å². The highest BCUT2D eigenvalue weighted by Gasteiger charge is 2.34. The van der Waals surface area contributed by atoms with Crippen LogP contribution in [0, 0.1) is 11.8 Å². The zero-order valence-electron chi connectivity index (χ0n) is 10.6. The number of carbonyl (C=O) groups excluding carboxylic acids is 1. The van der Waals surface area contributed by atoms with E-state index in [9.17, 15) is 13.2 Å². The topological polar surface area (TPSA) is 89.3 Å². The van der Waals surface area contributed by atoms with E-state index in [-0.39, 0.29) is 35.3 Å². The molecule has 1 heterocycles. The summed E-state index contributed by atoms with van der Waals surface area (Å²) in [6.07, 6.45) is 4.65. The Bertz CT molecular complexity index is 408. The van der Waals surface area contributed by atoms with Crippen LogP contribution < -0.4 is 11.1 Å². The van der Waals surface area contributed by atoms with Gasteiger partial charge in [0, 0.05) is 12.0 Å². The van der Waals surface area contributed by atoms with Crippen molar-refractivity contribution in [2.24, 2.45) is 17.6 Å². The number of hydrogen-bond acceptors (Lipinski definition) is 4. The van der Waals surface area contributed by atoms with Crippen LogP contribution in [0.25, 0.3) is 0 Å². The molecule has 1 saturated carbocycles. The fraction of sp³-hybridized carbons (Fsp3) is 0.917. The standard InChI is InChI=1S/C12H22N2O3S/c13-7-9-3-1-2-4-11(9)12(15)14-10-5-6-18(16,17)8-10/h9-11H,1-8,13H2,(H,14,15). The van der Waals surface area contributed by atoms with Crippen molar-refractivity contribution >= 4 is 15.7 Å². The van der Waals surface area contributed by atoms with Gasteiger partial charge in [-0.05, 0) is 31.7 Å². The van der Waals surface area contributed by atoms with Gasteiger partial charge in [0.05, 0.1) is 11.5 Å². The largest absolute Gasteiger partial charge is 0.352 e. The van der Waals surface area contributed by atoms with E-state index in [1.807, 2.05) is 0 Å². The molecule has 0 radical (unpaired) electrons. The SMILES string of the molecule is NCC1CCCCC1C(=O)NC1CCS(=O)(=O)C1. The number of rotatable bonds is 3. The number of sulfone groups is 1. The first kappa shape index (κ1) is 13.8. The van der Waals surface area contributed by atoms with Gasteiger partial charge in [0.1, 0.15) is 0 Å². The molecule has 1 aliphatic carbocycles. The van der Waals surface area contributed by atoms with E-state index in [0.29, 0.717) is 13.0 Å². The minimum atomic E-state index is -2.93. The maximum atomic E-state index is 12.2. The van der Waals surface area contributed by atoms with E-state index in [0.717, 1.165) is 25.7 Å². The zero-order chi connectivity index (χ0) is 13.2. The van der Waals surface area contributed by atoms with Crippen LogP contribution in [0.15, 0.2) is 0 Å². The van der Waals surface area contributed by atoms with Crippen molar-refractivity contribution in [3.63, 3.8) is 0 Å². The molecule has 18 heavy (non-hydrogen) atoms. The third-order valence-corrected chi connectivity index (χ3v) is 5.90. The molecule has 5 nitrogen and oxygen atoms in total. The number of carbonyl (C=O) groups is 1. The summed E-state index contributed by atoms with van der Waals surface area (Å²) >= 11 is 0. The second-order valence-electron chi connectivity index (χ2n) is 5.50. The van der Waals surface area contributed by atoms with Crippen LogP contribution in [0.2, 0.25) is 0 Å². The molecule has 1 saturated heterocycles. The molecular formula is C12H22N2O3S. The molecule has 3 atom stereocenters. The first-order chi connectivity index (χ1) is 8.52. The van der Waals surface area contributed by atoms with Crippen molar-refractivity contribution in [3.05, 3.63) is 0 Å². The summed E-state index contributed by atoms with van der Waals surface area (Å²) in [5.41, 5.74) is 5.71. The van der Waals surface area contributed by atoms with Gasteiger partial charge in [-0.15, -0.1) is 0 Å². The van der Waals surface area contributed by atoms with E-state index in [1.54, 1.807) is 0 Å². The van der Waals surface area contributed by atoms with Crippen LogP contribution in [0.5, 0.6) is 0 Å². The molecule has 0 aromatic heterocycles. The fourth-order valence-corrected chi connectivity index (χ4v) is 4.73. The Hall–Kier alpha value is -0.620. The maximum Gasteiger partial charge on any atom is 0.223 e. The molecule has 0 bridgehead atoms. The van der Waals surface area contributed by atoms with Crippen LogP contribution in [0.3, 0.4) is 0 Å². The second-order valence-corrected chi connectivity index (χ2v) is 7.72. The summed E-state index contributed by atoms with van der Waals surface area (Å²) in [4.78, 5) is 12.2. The van der Waals surface area contributed by atoms with Crippen molar-refractivity contribution in [2.45, 2.75) is 38.1 Å². The van der Waals surface area contributed by atoms with Gasteiger partial charge in [-0.3, -0.25) is 4.79 Å². The Kier molecular flexibility index (Phi) is 4.27. The van der Waals surface area contributed by atoms with Crippen molar-refractivity contribution < 1.29 is 13.2 Å². The summed E-state index contributed by atoms with van der Waals surface area (Å²) in [5, 5.41) is 2.89. The summed E-state index contributed by atoms with van der Waals surface area (Å²) in [6, 6.07) is -0.192. The van der Waals surface area contributed by atoms with E-state index < -0.39 is 9.84 Å². The lowest BCUT2D eigenvalue weighted by Crippen LogP contribution is -2.44. The first-order valence-corrected chi connectivity index (χ1v) is 8.55. The van der Waals surface area contributed by atoms with E-state index in [2.05, 4.69) is 5.32 Å². The molecule has 2 rings (SSSR count). The summed E-state index contributed by atoms with van der Waals surface area (Å²) in [6.45, 7) is 0.543. The molecular weight excluding hydrogens is 252 g/mol. The monoisotopic (exact) mass is 274 g/mol. The molecule has 0 aromatic rings. The highest BCUT2D eigenvalue weighted by molar-refractivity contribution is 7.91. The summed E-state index contributed by atoms with van der Waals surface area (Å²) < 4.78 is 22.7. The number of amides is 1. The average molecular weight is 274 g/mol. The molecule has 1 aliphatic heterocycles. The number of nitrogens with one attached hydrogen (secondary N) is 1. The van der Waals surface area contributed by atoms with Crippen molar-refractivity contribution in [1.29, 1.82) is 0 Å².